The summed E-state index contributed by atoms with van der Waals surface area (Å²) >= 11 is 0. The Kier molecular flexibility index (Phi) is 13.2. The first-order chi connectivity index (χ1) is 7.88. The molecule has 1 aromatic carbocycles. The van der Waals surface area contributed by atoms with E-state index in [0.717, 1.165) is 12.8 Å². The minimum Gasteiger partial charge on any atom is -0.333 e. The highest BCUT2D eigenvalue weighted by Gasteiger charge is 2.16. The van der Waals surface area contributed by atoms with Crippen LogP contribution in [0.2, 0.25) is 0 Å². The lowest BCUT2D eigenvalue weighted by atomic mass is 10.1. The molecule has 0 saturated carbocycles. The first kappa shape index (κ1) is 17.5. The Morgan fingerprint density at radius 3 is 1.94 bits per heavy atom. The van der Waals surface area contributed by atoms with E-state index in [-0.39, 0.29) is 0 Å². The molecule has 2 rings (SSSR count). The van der Waals surface area contributed by atoms with Crippen LogP contribution in [0.5, 0.6) is 0 Å². The molecule has 0 radical (unpaired) electrons. The molecule has 0 aromatic heterocycles. The average molecular weight is 226 g/mol. The zero-order chi connectivity index (χ0) is 13.0. The Balaban J connectivity index is 0. The number of nitrogens with two attached hydrogens (primary N) is 4. The summed E-state index contributed by atoms with van der Waals surface area (Å²) < 4.78 is 0. The molecule has 1 aliphatic carbocycles. The van der Waals surface area contributed by atoms with E-state index in [1.807, 2.05) is 0 Å². The van der Waals surface area contributed by atoms with E-state index in [1.165, 1.54) is 32.3 Å². The van der Waals surface area contributed by atoms with E-state index < -0.39 is 0 Å². The Morgan fingerprint density at radius 2 is 1.44 bits per heavy atom. The van der Waals surface area contributed by atoms with Gasteiger partial charge < -0.3 is 22.9 Å². The van der Waals surface area contributed by atoms with E-state index in [0.29, 0.717) is 6.04 Å². The summed E-state index contributed by atoms with van der Waals surface area (Å²) in [5.74, 6) is 0. The van der Waals surface area contributed by atoms with Gasteiger partial charge in [-0.15, -0.1) is 0 Å². The molecule has 94 valence electrons. The predicted octanol–water partition coefficient (Wildman–Crippen LogP) is 0.357. The number of aryl methyl sites for hydroxylation is 1. The van der Waals surface area contributed by atoms with Crippen LogP contribution in [0.4, 0.5) is 0 Å². The molecule has 0 aliphatic heterocycles. The van der Waals surface area contributed by atoms with Crippen molar-refractivity contribution in [2.45, 2.75) is 18.9 Å². The number of rotatable bonds is 0. The first-order valence-electron chi connectivity index (χ1n) is 5.44. The fourth-order valence-corrected chi connectivity index (χ4v) is 1.59. The predicted molar refractivity (Wildman–Crippen MR) is 72.0 cm³/mol. The summed E-state index contributed by atoms with van der Waals surface area (Å²) in [6.07, 6.45) is 2.29. The topological polar surface area (TPSA) is 104 Å². The van der Waals surface area contributed by atoms with Gasteiger partial charge in [-0.1, -0.05) is 24.3 Å². The molecule has 0 bridgehead atoms. The van der Waals surface area contributed by atoms with Crippen molar-refractivity contribution < 1.29 is 0 Å². The third-order valence-corrected chi connectivity index (χ3v) is 2.18. The highest BCUT2D eigenvalue weighted by molar-refractivity contribution is 5.33. The second-order valence-corrected chi connectivity index (χ2v) is 2.84. The molecule has 1 unspecified atom stereocenters. The minimum absolute atomic E-state index is 0.302. The third kappa shape index (κ3) is 5.23. The zero-order valence-electron chi connectivity index (χ0n) is 10.6. The maximum Gasteiger partial charge on any atom is 0.0300 e. The van der Waals surface area contributed by atoms with Crippen LogP contribution in [0.25, 0.3) is 0 Å². The molecular weight excluding hydrogens is 200 g/mol. The monoisotopic (exact) mass is 226 g/mol. The normalized spacial score (nSPS) is 15.3. The molecule has 4 heteroatoms. The number of hydrogen-bond acceptors (Lipinski definition) is 4. The van der Waals surface area contributed by atoms with Gasteiger partial charge in [0.15, 0.2) is 0 Å². The fourth-order valence-electron chi connectivity index (χ4n) is 1.59. The van der Waals surface area contributed by atoms with Crippen LogP contribution < -0.4 is 22.9 Å². The third-order valence-electron chi connectivity index (χ3n) is 2.18. The lowest BCUT2D eigenvalue weighted by Gasteiger charge is -2.01. The smallest absolute Gasteiger partial charge is 0.0300 e. The quantitative estimate of drug-likeness (QED) is 0.512. The van der Waals surface area contributed by atoms with E-state index in [2.05, 4.69) is 41.5 Å². The van der Waals surface area contributed by atoms with Crippen LogP contribution in [0, 0.1) is 0 Å². The van der Waals surface area contributed by atoms with Gasteiger partial charge in [-0.3, -0.25) is 0 Å². The van der Waals surface area contributed by atoms with Crippen molar-refractivity contribution in [1.29, 1.82) is 0 Å². The molecule has 1 aromatic rings. The van der Waals surface area contributed by atoms with Gasteiger partial charge in [-0.2, -0.15) is 0 Å². The summed E-state index contributed by atoms with van der Waals surface area (Å²) in [6.45, 7) is 0. The van der Waals surface area contributed by atoms with Crippen LogP contribution in [0.3, 0.4) is 0 Å². The van der Waals surface area contributed by atoms with E-state index in [1.54, 1.807) is 0 Å². The molecule has 16 heavy (non-hydrogen) atoms. The first-order valence-corrected chi connectivity index (χ1v) is 5.44. The van der Waals surface area contributed by atoms with E-state index >= 15 is 0 Å². The molecule has 0 saturated heterocycles. The van der Waals surface area contributed by atoms with Gasteiger partial charge >= 0.3 is 0 Å². The molecule has 8 N–H and O–H groups in total. The Labute approximate surface area is 99.0 Å². The maximum atomic E-state index is 5.85. The molecule has 1 aliphatic rings. The second-order valence-electron chi connectivity index (χ2n) is 2.84. The highest BCUT2D eigenvalue weighted by Crippen LogP contribution is 2.28. The maximum absolute atomic E-state index is 5.85. The molecular formula is C12H26N4. The largest absolute Gasteiger partial charge is 0.333 e. The van der Waals surface area contributed by atoms with E-state index in [4.69, 9.17) is 5.73 Å². The van der Waals surface area contributed by atoms with Gasteiger partial charge in [0.1, 0.15) is 0 Å². The van der Waals surface area contributed by atoms with Gasteiger partial charge in [-0.05, 0) is 45.1 Å². The van der Waals surface area contributed by atoms with Crippen LogP contribution in [0.15, 0.2) is 24.3 Å². The van der Waals surface area contributed by atoms with Crippen molar-refractivity contribution in [3.8, 4) is 0 Å². The van der Waals surface area contributed by atoms with Crippen LogP contribution in [-0.4, -0.2) is 21.1 Å². The number of hydrogen-bond donors (Lipinski definition) is 4. The van der Waals surface area contributed by atoms with Gasteiger partial charge in [0.05, 0.1) is 0 Å². The number of benzene rings is 1. The van der Waals surface area contributed by atoms with Gasteiger partial charge in [0.2, 0.25) is 0 Å². The van der Waals surface area contributed by atoms with Crippen molar-refractivity contribution >= 4 is 0 Å². The molecule has 0 amide bonds. The SMILES string of the molecule is CN.CN.CN.NC1CCc2ccccc21. The van der Waals surface area contributed by atoms with E-state index in [9.17, 15) is 0 Å². The van der Waals surface area contributed by atoms with Crippen molar-refractivity contribution in [3.63, 3.8) is 0 Å². The molecule has 0 fully saturated rings. The van der Waals surface area contributed by atoms with Crippen LogP contribution >= 0.6 is 0 Å². The zero-order valence-corrected chi connectivity index (χ0v) is 10.6. The lowest BCUT2D eigenvalue weighted by molar-refractivity contribution is 0.713. The Hall–Kier alpha value is -0.940. The van der Waals surface area contributed by atoms with Crippen LogP contribution in [-0.2, 0) is 6.42 Å². The van der Waals surface area contributed by atoms with Crippen molar-refractivity contribution in [1.82, 2.24) is 0 Å². The highest BCUT2D eigenvalue weighted by atomic mass is 14.6. The summed E-state index contributed by atoms with van der Waals surface area (Å²) in [5, 5.41) is 0. The summed E-state index contributed by atoms with van der Waals surface area (Å²) in [4.78, 5) is 0. The Bertz CT molecular complexity index is 251. The van der Waals surface area contributed by atoms with Gasteiger partial charge in [0.25, 0.3) is 0 Å². The average Bonchev–Trinajstić information content (AvgIpc) is 2.79. The standard InChI is InChI=1S/C9H11N.3CH5N/c10-9-6-5-7-3-1-2-4-8(7)9;3*1-2/h1-4,9H,5-6,10H2;3*2H2,1H3. The van der Waals surface area contributed by atoms with Crippen molar-refractivity contribution in [3.05, 3.63) is 35.4 Å². The second kappa shape index (κ2) is 12.1. The van der Waals surface area contributed by atoms with Crippen molar-refractivity contribution in [2.24, 2.45) is 22.9 Å². The lowest BCUT2D eigenvalue weighted by Crippen LogP contribution is -2.04. The molecule has 4 nitrogen and oxygen atoms in total. The summed E-state index contributed by atoms with van der Waals surface area (Å²) in [7, 11) is 4.50. The Morgan fingerprint density at radius 1 is 0.938 bits per heavy atom. The van der Waals surface area contributed by atoms with Crippen LogP contribution in [0.1, 0.15) is 23.6 Å². The fraction of sp³-hybridized carbons (Fsp3) is 0.500. The summed E-state index contributed by atoms with van der Waals surface area (Å²) in [5.41, 5.74) is 22.1. The minimum atomic E-state index is 0.302. The molecule has 0 heterocycles. The summed E-state index contributed by atoms with van der Waals surface area (Å²) in [6, 6.07) is 8.74. The molecule has 1 atom stereocenters. The number of fused-ring (bicyclic) bond motifs is 1. The van der Waals surface area contributed by atoms with Crippen molar-refractivity contribution in [2.75, 3.05) is 21.1 Å². The van der Waals surface area contributed by atoms with Gasteiger partial charge in [0, 0.05) is 6.04 Å². The molecule has 0 spiro atoms. The van der Waals surface area contributed by atoms with Gasteiger partial charge in [-0.25, -0.2) is 0 Å².